The lowest BCUT2D eigenvalue weighted by atomic mass is 10.1. The number of ketones is 2. The van der Waals surface area contributed by atoms with Crippen LogP contribution in [0.4, 0.5) is 0 Å². The minimum Gasteiger partial charge on any atom is -0.508 e. The summed E-state index contributed by atoms with van der Waals surface area (Å²) in [4.78, 5) is 23.7. The van der Waals surface area contributed by atoms with Crippen LogP contribution in [0.15, 0.2) is 48.6 Å². The van der Waals surface area contributed by atoms with Crippen LogP contribution >= 0.6 is 0 Å². The fourth-order valence-corrected chi connectivity index (χ4v) is 2.15. The van der Waals surface area contributed by atoms with Crippen molar-refractivity contribution in [1.82, 2.24) is 0 Å². The maximum absolute atomic E-state index is 11.8. The predicted octanol–water partition coefficient (Wildman–Crippen LogP) is 3.07. The van der Waals surface area contributed by atoms with Gasteiger partial charge < -0.3 is 20.1 Å². The highest BCUT2D eigenvalue weighted by Gasteiger charge is 2.06. The van der Waals surface area contributed by atoms with Crippen LogP contribution < -0.4 is 4.74 Å². The molecule has 2 aromatic rings. The number of allylic oxidation sites excluding steroid dienone is 2. The molecule has 3 N–H and O–H groups in total. The summed E-state index contributed by atoms with van der Waals surface area (Å²) in [5.41, 5.74) is 0.946. The molecule has 2 rings (SSSR count). The van der Waals surface area contributed by atoms with E-state index in [1.807, 2.05) is 0 Å². The predicted molar refractivity (Wildman–Crippen MR) is 97.1 cm³/mol. The average Bonchev–Trinajstić information content (AvgIpc) is 2.59. The molecule has 0 saturated carbocycles. The van der Waals surface area contributed by atoms with Gasteiger partial charge in [0.15, 0.2) is 23.1 Å². The highest BCUT2D eigenvalue weighted by Crippen LogP contribution is 2.26. The molecule has 6 nitrogen and oxygen atoms in total. The van der Waals surface area contributed by atoms with Gasteiger partial charge >= 0.3 is 0 Å². The number of ether oxygens (including phenoxy) is 1. The third kappa shape index (κ3) is 5.24. The fourth-order valence-electron chi connectivity index (χ4n) is 2.15. The first-order valence-corrected chi connectivity index (χ1v) is 7.70. The van der Waals surface area contributed by atoms with E-state index in [4.69, 9.17) is 4.74 Å². The normalized spacial score (nSPS) is 11.1. The summed E-state index contributed by atoms with van der Waals surface area (Å²) in [5, 5.41) is 28.5. The molecule has 134 valence electrons. The van der Waals surface area contributed by atoms with Gasteiger partial charge in [0.1, 0.15) is 11.5 Å². The van der Waals surface area contributed by atoms with Crippen LogP contribution in [0.5, 0.6) is 23.0 Å². The lowest BCUT2D eigenvalue weighted by Gasteiger charge is -2.03. The highest BCUT2D eigenvalue weighted by atomic mass is 16.5. The molecule has 2 aromatic carbocycles. The van der Waals surface area contributed by atoms with E-state index < -0.39 is 11.6 Å². The molecule has 0 aliphatic carbocycles. The van der Waals surface area contributed by atoms with Crippen molar-refractivity contribution in [3.05, 3.63) is 59.7 Å². The van der Waals surface area contributed by atoms with E-state index in [-0.39, 0.29) is 23.7 Å². The van der Waals surface area contributed by atoms with Crippen LogP contribution in [0.3, 0.4) is 0 Å². The Morgan fingerprint density at radius 3 is 2.23 bits per heavy atom. The lowest BCUT2D eigenvalue weighted by molar-refractivity contribution is -0.121. The van der Waals surface area contributed by atoms with Crippen molar-refractivity contribution in [1.29, 1.82) is 0 Å². The van der Waals surface area contributed by atoms with Gasteiger partial charge in [0.2, 0.25) is 0 Å². The summed E-state index contributed by atoms with van der Waals surface area (Å²) in [5.74, 6) is -0.800. The van der Waals surface area contributed by atoms with Gasteiger partial charge in [-0.05, 0) is 48.1 Å². The lowest BCUT2D eigenvalue weighted by Crippen LogP contribution is -2.01. The molecule has 0 unspecified atom stereocenters. The second kappa shape index (κ2) is 8.53. The fraction of sp³-hybridized carbons (Fsp3) is 0.100. The standard InChI is InChI=1S/C20H18O6/c1-26-20-9-3-13(10-19(20)25)2-6-15(21)11-16(22)7-4-14-5-8-17(23)12-18(14)24/h2-10,12,23-25H,11H2,1H3. The molecule has 0 radical (unpaired) electrons. The number of aromatic hydroxyl groups is 3. The number of carbonyl (C=O) groups is 2. The Hall–Kier alpha value is -3.54. The number of phenolic OH excluding ortho intramolecular Hbond substituents is 3. The van der Waals surface area contributed by atoms with Crippen LogP contribution in [0, 0.1) is 0 Å². The SMILES string of the molecule is COc1ccc(C=CC(=O)CC(=O)C=Cc2ccc(O)cc2O)cc1O. The molecule has 0 amide bonds. The van der Waals surface area contributed by atoms with Gasteiger partial charge in [0, 0.05) is 11.6 Å². The van der Waals surface area contributed by atoms with E-state index in [1.54, 1.807) is 12.1 Å². The Labute approximate surface area is 150 Å². The average molecular weight is 354 g/mol. The van der Waals surface area contributed by atoms with Crippen molar-refractivity contribution in [3.8, 4) is 23.0 Å². The number of hydrogen-bond donors (Lipinski definition) is 3. The Morgan fingerprint density at radius 1 is 0.923 bits per heavy atom. The van der Waals surface area contributed by atoms with E-state index in [2.05, 4.69) is 0 Å². The maximum Gasteiger partial charge on any atom is 0.163 e. The first kappa shape index (κ1) is 18.8. The molecule has 0 heterocycles. The molecule has 0 spiro atoms. The summed E-state index contributed by atoms with van der Waals surface area (Å²) in [6, 6.07) is 8.66. The van der Waals surface area contributed by atoms with E-state index in [9.17, 15) is 24.9 Å². The third-order valence-electron chi connectivity index (χ3n) is 3.48. The molecule has 0 aromatic heterocycles. The summed E-state index contributed by atoms with van der Waals surface area (Å²) in [7, 11) is 1.44. The molecule has 0 fully saturated rings. The van der Waals surface area contributed by atoms with Crippen molar-refractivity contribution in [3.63, 3.8) is 0 Å². The zero-order valence-corrected chi connectivity index (χ0v) is 14.0. The molecular weight excluding hydrogens is 336 g/mol. The minimum absolute atomic E-state index is 0.0465. The Kier molecular flexibility index (Phi) is 6.16. The van der Waals surface area contributed by atoms with Gasteiger partial charge in [-0.2, -0.15) is 0 Å². The molecular formula is C20H18O6. The Morgan fingerprint density at radius 2 is 1.62 bits per heavy atom. The van der Waals surface area contributed by atoms with Crippen LogP contribution in [-0.4, -0.2) is 34.0 Å². The van der Waals surface area contributed by atoms with Gasteiger partial charge in [-0.3, -0.25) is 9.59 Å². The number of benzene rings is 2. The van der Waals surface area contributed by atoms with Crippen LogP contribution in [-0.2, 0) is 9.59 Å². The highest BCUT2D eigenvalue weighted by molar-refractivity contribution is 6.11. The van der Waals surface area contributed by atoms with Crippen LogP contribution in [0.1, 0.15) is 17.5 Å². The summed E-state index contributed by atoms with van der Waals surface area (Å²) in [6.45, 7) is 0. The zero-order valence-electron chi connectivity index (χ0n) is 14.0. The van der Waals surface area contributed by atoms with Gasteiger partial charge in [0.25, 0.3) is 0 Å². The number of phenols is 3. The van der Waals surface area contributed by atoms with Gasteiger partial charge in [0.05, 0.1) is 13.5 Å². The second-order valence-corrected chi connectivity index (χ2v) is 5.45. The van der Waals surface area contributed by atoms with Crippen molar-refractivity contribution < 1.29 is 29.6 Å². The molecule has 0 atom stereocenters. The smallest absolute Gasteiger partial charge is 0.163 e. The largest absolute Gasteiger partial charge is 0.508 e. The molecule has 6 heteroatoms. The van der Waals surface area contributed by atoms with E-state index in [0.29, 0.717) is 16.9 Å². The first-order chi connectivity index (χ1) is 12.4. The number of hydrogen-bond acceptors (Lipinski definition) is 6. The number of carbonyl (C=O) groups excluding carboxylic acids is 2. The second-order valence-electron chi connectivity index (χ2n) is 5.45. The summed E-state index contributed by atoms with van der Waals surface area (Å²) < 4.78 is 4.93. The number of rotatable bonds is 7. The van der Waals surface area contributed by atoms with E-state index in [1.165, 1.54) is 49.6 Å². The molecule has 0 aliphatic heterocycles. The molecule has 0 aliphatic rings. The van der Waals surface area contributed by atoms with Crippen molar-refractivity contribution in [2.24, 2.45) is 0 Å². The van der Waals surface area contributed by atoms with Crippen molar-refractivity contribution in [2.45, 2.75) is 6.42 Å². The monoisotopic (exact) mass is 354 g/mol. The maximum atomic E-state index is 11.8. The first-order valence-electron chi connectivity index (χ1n) is 7.70. The van der Waals surface area contributed by atoms with E-state index >= 15 is 0 Å². The molecule has 0 saturated heterocycles. The van der Waals surface area contributed by atoms with Gasteiger partial charge in [-0.25, -0.2) is 0 Å². The summed E-state index contributed by atoms with van der Waals surface area (Å²) in [6.07, 6.45) is 4.98. The number of methoxy groups -OCH3 is 1. The third-order valence-corrected chi connectivity index (χ3v) is 3.48. The Bertz CT molecular complexity index is 880. The topological polar surface area (TPSA) is 104 Å². The zero-order chi connectivity index (χ0) is 19.1. The van der Waals surface area contributed by atoms with Crippen molar-refractivity contribution in [2.75, 3.05) is 7.11 Å². The molecule has 0 bridgehead atoms. The Balaban J connectivity index is 1.95. The quantitative estimate of drug-likeness (QED) is 0.521. The van der Waals surface area contributed by atoms with Crippen LogP contribution in [0.2, 0.25) is 0 Å². The van der Waals surface area contributed by atoms with Gasteiger partial charge in [-0.1, -0.05) is 12.1 Å². The molecule has 26 heavy (non-hydrogen) atoms. The van der Waals surface area contributed by atoms with E-state index in [0.717, 1.165) is 6.07 Å². The summed E-state index contributed by atoms with van der Waals surface area (Å²) >= 11 is 0. The minimum atomic E-state index is -0.426. The van der Waals surface area contributed by atoms with Crippen molar-refractivity contribution >= 4 is 23.7 Å². The van der Waals surface area contributed by atoms with Gasteiger partial charge in [-0.15, -0.1) is 0 Å². The van der Waals surface area contributed by atoms with Crippen LogP contribution in [0.25, 0.3) is 12.2 Å².